The topological polar surface area (TPSA) is 40.6 Å². The number of amides is 2. The van der Waals surface area contributed by atoms with Crippen molar-refractivity contribution < 1.29 is 9.59 Å². The van der Waals surface area contributed by atoms with E-state index in [4.69, 9.17) is 0 Å². The maximum absolute atomic E-state index is 12.5. The van der Waals surface area contributed by atoms with Crippen LogP contribution in [-0.2, 0) is 0 Å². The Kier molecular flexibility index (Phi) is 5.75. The molecule has 24 heavy (non-hydrogen) atoms. The molecule has 0 atom stereocenters. The molecule has 2 aromatic rings. The van der Waals surface area contributed by atoms with Crippen LogP contribution in [0.15, 0.2) is 48.5 Å². The normalized spacial score (nSPS) is 14.6. The van der Waals surface area contributed by atoms with Crippen LogP contribution in [0.1, 0.15) is 20.7 Å². The summed E-state index contributed by atoms with van der Waals surface area (Å²) in [7, 11) is 0. The first kappa shape index (κ1) is 17.7. The lowest BCUT2D eigenvalue weighted by Crippen LogP contribution is -2.50. The van der Waals surface area contributed by atoms with Crippen molar-refractivity contribution in [1.29, 1.82) is 0 Å². The SMILES string of the molecule is O=C(c1ccc(I)cc1)N1CCN(C(=O)c2ccc(I)cc2)CC1. The second-order valence-corrected chi connectivity index (χ2v) is 8.09. The van der Waals surface area contributed by atoms with Crippen molar-refractivity contribution in [2.24, 2.45) is 0 Å². The molecule has 4 nitrogen and oxygen atoms in total. The van der Waals surface area contributed by atoms with E-state index in [9.17, 15) is 9.59 Å². The Balaban J connectivity index is 1.61. The number of piperazine rings is 1. The zero-order chi connectivity index (χ0) is 17.1. The maximum atomic E-state index is 12.5. The highest BCUT2D eigenvalue weighted by molar-refractivity contribution is 14.1. The first-order valence-corrected chi connectivity index (χ1v) is 9.80. The molecular formula is C18H16I2N2O2. The molecule has 1 fully saturated rings. The molecule has 0 aromatic heterocycles. The third-order valence-corrected chi connectivity index (χ3v) is 5.47. The third-order valence-electron chi connectivity index (χ3n) is 4.04. The Morgan fingerprint density at radius 3 is 1.21 bits per heavy atom. The average molecular weight is 546 g/mol. The van der Waals surface area contributed by atoms with Crippen LogP contribution >= 0.6 is 45.2 Å². The largest absolute Gasteiger partial charge is 0.335 e. The lowest BCUT2D eigenvalue weighted by atomic mass is 10.1. The summed E-state index contributed by atoms with van der Waals surface area (Å²) in [5, 5.41) is 0. The third kappa shape index (κ3) is 4.08. The fourth-order valence-electron chi connectivity index (χ4n) is 2.66. The number of hydrogen-bond donors (Lipinski definition) is 0. The number of nitrogens with zero attached hydrogens (tertiary/aromatic N) is 2. The van der Waals surface area contributed by atoms with Crippen LogP contribution in [0.4, 0.5) is 0 Å². The van der Waals surface area contributed by atoms with Crippen LogP contribution in [0, 0.1) is 7.14 Å². The van der Waals surface area contributed by atoms with Crippen LogP contribution in [0.5, 0.6) is 0 Å². The summed E-state index contributed by atoms with van der Waals surface area (Å²) in [4.78, 5) is 28.7. The number of benzene rings is 2. The molecule has 0 aliphatic carbocycles. The van der Waals surface area contributed by atoms with Crippen LogP contribution in [0.3, 0.4) is 0 Å². The molecule has 124 valence electrons. The Bertz CT molecular complexity index is 671. The molecule has 0 spiro atoms. The first-order chi connectivity index (χ1) is 11.5. The summed E-state index contributed by atoms with van der Waals surface area (Å²) < 4.78 is 2.22. The lowest BCUT2D eigenvalue weighted by molar-refractivity contribution is 0.0535. The van der Waals surface area contributed by atoms with Gasteiger partial charge in [0.1, 0.15) is 0 Å². The van der Waals surface area contributed by atoms with E-state index in [0.717, 1.165) is 7.14 Å². The van der Waals surface area contributed by atoms with Crippen molar-refractivity contribution >= 4 is 57.0 Å². The highest BCUT2D eigenvalue weighted by atomic mass is 127. The smallest absolute Gasteiger partial charge is 0.253 e. The van der Waals surface area contributed by atoms with Gasteiger partial charge in [-0.1, -0.05) is 0 Å². The highest BCUT2D eigenvalue weighted by Gasteiger charge is 2.25. The molecule has 2 amide bonds. The molecule has 0 N–H and O–H groups in total. The van der Waals surface area contributed by atoms with Gasteiger partial charge in [0.25, 0.3) is 11.8 Å². The quantitative estimate of drug-likeness (QED) is 0.542. The molecule has 3 rings (SSSR count). The summed E-state index contributed by atoms with van der Waals surface area (Å²) in [5.74, 6) is 0.0699. The monoisotopic (exact) mass is 546 g/mol. The minimum Gasteiger partial charge on any atom is -0.335 e. The predicted molar refractivity (Wildman–Crippen MR) is 110 cm³/mol. The van der Waals surface area contributed by atoms with E-state index in [1.165, 1.54) is 0 Å². The first-order valence-electron chi connectivity index (χ1n) is 7.64. The zero-order valence-corrected chi connectivity index (χ0v) is 17.2. The Hall–Kier alpha value is -1.16. The Morgan fingerprint density at radius 1 is 0.625 bits per heavy atom. The summed E-state index contributed by atoms with van der Waals surface area (Å²) in [6.45, 7) is 2.28. The summed E-state index contributed by atoms with van der Waals surface area (Å²) in [6.07, 6.45) is 0. The molecule has 1 aliphatic heterocycles. The molecule has 1 heterocycles. The molecule has 0 saturated carbocycles. The number of carbonyl (C=O) groups excluding carboxylic acids is 2. The van der Waals surface area contributed by atoms with Crippen LogP contribution < -0.4 is 0 Å². The van der Waals surface area contributed by atoms with Crippen molar-refractivity contribution in [2.45, 2.75) is 0 Å². The van der Waals surface area contributed by atoms with Crippen molar-refractivity contribution in [3.63, 3.8) is 0 Å². The van der Waals surface area contributed by atoms with Gasteiger partial charge in [0.05, 0.1) is 0 Å². The zero-order valence-electron chi connectivity index (χ0n) is 12.9. The van der Waals surface area contributed by atoms with Crippen molar-refractivity contribution in [1.82, 2.24) is 9.80 Å². The van der Waals surface area contributed by atoms with Crippen LogP contribution in [0.2, 0.25) is 0 Å². The fourth-order valence-corrected chi connectivity index (χ4v) is 3.38. The van der Waals surface area contributed by atoms with Crippen LogP contribution in [0.25, 0.3) is 0 Å². The van der Waals surface area contributed by atoms with Crippen molar-refractivity contribution in [3.8, 4) is 0 Å². The van der Waals surface area contributed by atoms with Gasteiger partial charge in [-0.3, -0.25) is 9.59 Å². The van der Waals surface area contributed by atoms with E-state index in [-0.39, 0.29) is 11.8 Å². The van der Waals surface area contributed by atoms with Gasteiger partial charge in [-0.05, 0) is 93.7 Å². The van der Waals surface area contributed by atoms with Gasteiger partial charge in [0, 0.05) is 44.4 Å². The van der Waals surface area contributed by atoms with E-state index in [0.29, 0.717) is 37.3 Å². The number of carbonyl (C=O) groups is 2. The van der Waals surface area contributed by atoms with Gasteiger partial charge in [0.2, 0.25) is 0 Å². The number of rotatable bonds is 2. The van der Waals surface area contributed by atoms with Crippen molar-refractivity contribution in [3.05, 3.63) is 66.8 Å². The minimum atomic E-state index is 0.0350. The summed E-state index contributed by atoms with van der Waals surface area (Å²) in [6, 6.07) is 15.2. The van der Waals surface area contributed by atoms with Gasteiger partial charge in [0.15, 0.2) is 0 Å². The summed E-state index contributed by atoms with van der Waals surface area (Å²) >= 11 is 4.44. The van der Waals surface area contributed by atoms with Gasteiger partial charge in [-0.2, -0.15) is 0 Å². The molecule has 6 heteroatoms. The molecule has 0 radical (unpaired) electrons. The standard InChI is InChI=1S/C18H16I2N2O2/c19-15-5-1-13(2-6-15)17(23)21-9-11-22(12-10-21)18(24)14-3-7-16(20)8-4-14/h1-8H,9-12H2. The average Bonchev–Trinajstić information content (AvgIpc) is 2.62. The predicted octanol–water partition coefficient (Wildman–Crippen LogP) is 3.49. The Labute approximate surface area is 168 Å². The molecule has 1 saturated heterocycles. The second-order valence-electron chi connectivity index (χ2n) is 5.60. The molecule has 1 aliphatic rings. The van der Waals surface area contributed by atoms with E-state index < -0.39 is 0 Å². The minimum absolute atomic E-state index is 0.0350. The van der Waals surface area contributed by atoms with E-state index in [1.807, 2.05) is 58.3 Å². The second kappa shape index (κ2) is 7.81. The van der Waals surface area contributed by atoms with Crippen molar-refractivity contribution in [2.75, 3.05) is 26.2 Å². The molecule has 2 aromatic carbocycles. The van der Waals surface area contributed by atoms with E-state index >= 15 is 0 Å². The molecular weight excluding hydrogens is 530 g/mol. The number of halogens is 2. The highest BCUT2D eigenvalue weighted by Crippen LogP contribution is 2.14. The fraction of sp³-hybridized carbons (Fsp3) is 0.222. The van der Waals surface area contributed by atoms with E-state index in [2.05, 4.69) is 45.2 Å². The van der Waals surface area contributed by atoms with Gasteiger partial charge < -0.3 is 9.80 Å². The maximum Gasteiger partial charge on any atom is 0.253 e. The van der Waals surface area contributed by atoms with Gasteiger partial charge in [-0.15, -0.1) is 0 Å². The molecule has 0 bridgehead atoms. The van der Waals surface area contributed by atoms with E-state index in [1.54, 1.807) is 0 Å². The summed E-state index contributed by atoms with van der Waals surface area (Å²) in [5.41, 5.74) is 1.40. The van der Waals surface area contributed by atoms with Crippen LogP contribution in [-0.4, -0.2) is 47.8 Å². The van der Waals surface area contributed by atoms with Gasteiger partial charge >= 0.3 is 0 Å². The number of hydrogen-bond acceptors (Lipinski definition) is 2. The molecule has 0 unspecified atom stereocenters. The van der Waals surface area contributed by atoms with Gasteiger partial charge in [-0.25, -0.2) is 0 Å². The Morgan fingerprint density at radius 2 is 0.917 bits per heavy atom. The lowest BCUT2D eigenvalue weighted by Gasteiger charge is -2.35.